The summed E-state index contributed by atoms with van der Waals surface area (Å²) < 4.78 is 0. The highest BCUT2D eigenvalue weighted by atomic mass is 127. The van der Waals surface area contributed by atoms with E-state index in [1.54, 1.807) is 0 Å². The topological polar surface area (TPSA) is 57.4 Å². The van der Waals surface area contributed by atoms with Gasteiger partial charge in [-0.1, -0.05) is 25.1 Å². The summed E-state index contributed by atoms with van der Waals surface area (Å²) in [5.74, 6) is 1.43. The zero-order valence-electron chi connectivity index (χ0n) is 13.1. The number of aromatic amines is 1. The average Bonchev–Trinajstić information content (AvgIpc) is 2.89. The van der Waals surface area contributed by atoms with Crippen LogP contribution in [0.5, 0.6) is 0 Å². The van der Waals surface area contributed by atoms with Crippen molar-refractivity contribution in [3.8, 4) is 0 Å². The molecule has 3 N–H and O–H groups in total. The van der Waals surface area contributed by atoms with Crippen molar-refractivity contribution in [2.45, 2.75) is 26.2 Å². The van der Waals surface area contributed by atoms with Gasteiger partial charge in [0.05, 0.1) is 0 Å². The van der Waals surface area contributed by atoms with E-state index in [0.717, 1.165) is 32.0 Å². The fourth-order valence-electron chi connectivity index (χ4n) is 3.06. The Labute approximate surface area is 149 Å². The number of fused-ring (bicyclic) bond motifs is 1. The second kappa shape index (κ2) is 7.85. The number of hydrogen-bond donors (Lipinski definition) is 2. The first-order chi connectivity index (χ1) is 10.2. The first-order valence-electron chi connectivity index (χ1n) is 7.84. The first-order valence-corrected chi connectivity index (χ1v) is 7.84. The maximum atomic E-state index is 6.12. The molecule has 0 radical (unpaired) electrons. The molecule has 1 atom stereocenters. The van der Waals surface area contributed by atoms with Gasteiger partial charge in [-0.05, 0) is 36.3 Å². The molecule has 1 saturated heterocycles. The van der Waals surface area contributed by atoms with Gasteiger partial charge in [-0.25, -0.2) is 0 Å². The summed E-state index contributed by atoms with van der Waals surface area (Å²) in [5, 5.41) is 1.26. The van der Waals surface area contributed by atoms with Gasteiger partial charge in [-0.2, -0.15) is 0 Å². The number of nitrogens with two attached hydrogens (primary N) is 1. The Bertz CT molecular complexity index is 601. The molecule has 1 aromatic heterocycles. The number of likely N-dealkylation sites (tertiary alicyclic amines) is 1. The summed E-state index contributed by atoms with van der Waals surface area (Å²) in [6.45, 7) is 5.11. The molecule has 2 aromatic rings. The molecule has 0 aliphatic carbocycles. The van der Waals surface area contributed by atoms with E-state index < -0.39 is 0 Å². The van der Waals surface area contributed by atoms with Crippen LogP contribution in [-0.2, 0) is 6.42 Å². The van der Waals surface area contributed by atoms with Crippen molar-refractivity contribution < 1.29 is 0 Å². The number of rotatable bonds is 3. The number of hydrogen-bond acceptors (Lipinski definition) is 1. The average molecular weight is 412 g/mol. The third-order valence-corrected chi connectivity index (χ3v) is 4.22. The Morgan fingerprint density at radius 3 is 3.00 bits per heavy atom. The highest BCUT2D eigenvalue weighted by Gasteiger charge is 2.17. The molecule has 22 heavy (non-hydrogen) atoms. The lowest BCUT2D eigenvalue weighted by molar-refractivity contribution is 0.270. The molecule has 5 heteroatoms. The maximum Gasteiger partial charge on any atom is 0.191 e. The van der Waals surface area contributed by atoms with Gasteiger partial charge >= 0.3 is 0 Å². The summed E-state index contributed by atoms with van der Waals surface area (Å²) in [6.07, 6.45) is 3.43. The van der Waals surface area contributed by atoms with Crippen molar-refractivity contribution in [2.24, 2.45) is 16.6 Å². The zero-order chi connectivity index (χ0) is 14.7. The molecule has 0 amide bonds. The zero-order valence-corrected chi connectivity index (χ0v) is 15.4. The molecule has 1 fully saturated rings. The molecule has 0 saturated carbocycles. The van der Waals surface area contributed by atoms with E-state index in [1.807, 2.05) is 0 Å². The van der Waals surface area contributed by atoms with Crippen LogP contribution < -0.4 is 5.73 Å². The van der Waals surface area contributed by atoms with Gasteiger partial charge in [-0.15, -0.1) is 24.0 Å². The van der Waals surface area contributed by atoms with E-state index in [9.17, 15) is 0 Å². The number of benzene rings is 1. The lowest BCUT2D eigenvalue weighted by Gasteiger charge is -2.31. The van der Waals surface area contributed by atoms with Crippen LogP contribution in [0.25, 0.3) is 10.9 Å². The summed E-state index contributed by atoms with van der Waals surface area (Å²) >= 11 is 0. The van der Waals surface area contributed by atoms with Gasteiger partial charge in [0.25, 0.3) is 0 Å². The molecule has 120 valence electrons. The Morgan fingerprint density at radius 1 is 1.41 bits per heavy atom. The summed E-state index contributed by atoms with van der Waals surface area (Å²) in [5.41, 5.74) is 8.53. The number of guanidine groups is 1. The molecule has 2 heterocycles. The van der Waals surface area contributed by atoms with Crippen LogP contribution in [0.2, 0.25) is 0 Å². The number of para-hydroxylation sites is 1. The largest absolute Gasteiger partial charge is 0.370 e. The van der Waals surface area contributed by atoms with Gasteiger partial charge in [0.2, 0.25) is 0 Å². The molecule has 1 aromatic carbocycles. The molecular formula is C17H25IN4. The molecule has 1 aliphatic heterocycles. The van der Waals surface area contributed by atoms with Crippen molar-refractivity contribution in [1.29, 1.82) is 0 Å². The number of nitrogens with zero attached hydrogens (tertiary/aromatic N) is 2. The van der Waals surface area contributed by atoms with E-state index in [1.165, 1.54) is 29.4 Å². The lowest BCUT2D eigenvalue weighted by atomic mass is 10.0. The van der Waals surface area contributed by atoms with E-state index in [0.29, 0.717) is 5.96 Å². The predicted molar refractivity (Wildman–Crippen MR) is 104 cm³/mol. The Morgan fingerprint density at radius 2 is 2.23 bits per heavy atom. The Balaban J connectivity index is 0.00000176. The normalized spacial score (nSPS) is 19.2. The van der Waals surface area contributed by atoms with Crippen molar-refractivity contribution in [3.63, 3.8) is 0 Å². The van der Waals surface area contributed by atoms with Crippen LogP contribution in [0, 0.1) is 5.92 Å². The maximum absolute atomic E-state index is 6.12. The molecule has 1 aliphatic rings. The minimum absolute atomic E-state index is 0. The van der Waals surface area contributed by atoms with Crippen molar-refractivity contribution in [1.82, 2.24) is 9.88 Å². The summed E-state index contributed by atoms with van der Waals surface area (Å²) in [7, 11) is 0. The predicted octanol–water partition coefficient (Wildman–Crippen LogP) is 3.38. The number of nitrogens with one attached hydrogen (secondary N) is 1. The second-order valence-corrected chi connectivity index (χ2v) is 6.07. The second-order valence-electron chi connectivity index (χ2n) is 6.07. The van der Waals surface area contributed by atoms with Crippen LogP contribution >= 0.6 is 24.0 Å². The SMILES string of the molecule is CC1CCCN(C(N)=NCCc2cc3ccccc3[nH]2)C1.I. The fraction of sp³-hybridized carbons (Fsp3) is 0.471. The summed E-state index contributed by atoms with van der Waals surface area (Å²) in [4.78, 5) is 10.2. The monoisotopic (exact) mass is 412 g/mol. The Hall–Kier alpha value is -1.24. The molecular weight excluding hydrogens is 387 g/mol. The number of halogens is 1. The molecule has 1 unspecified atom stereocenters. The third kappa shape index (κ3) is 4.15. The number of H-pyrrole nitrogens is 1. The van der Waals surface area contributed by atoms with E-state index in [2.05, 4.69) is 52.1 Å². The van der Waals surface area contributed by atoms with Gasteiger partial charge < -0.3 is 15.6 Å². The van der Waals surface area contributed by atoms with E-state index in [-0.39, 0.29) is 24.0 Å². The van der Waals surface area contributed by atoms with Gasteiger partial charge in [0, 0.05) is 37.3 Å². The van der Waals surface area contributed by atoms with Crippen LogP contribution in [0.3, 0.4) is 0 Å². The number of piperidine rings is 1. The lowest BCUT2D eigenvalue weighted by Crippen LogP contribution is -2.43. The highest BCUT2D eigenvalue weighted by Crippen LogP contribution is 2.16. The third-order valence-electron chi connectivity index (χ3n) is 4.22. The van der Waals surface area contributed by atoms with Gasteiger partial charge in [0.15, 0.2) is 5.96 Å². The first kappa shape index (κ1) is 17.1. The van der Waals surface area contributed by atoms with Crippen molar-refractivity contribution in [3.05, 3.63) is 36.0 Å². The van der Waals surface area contributed by atoms with Crippen LogP contribution in [0.1, 0.15) is 25.5 Å². The molecule has 0 spiro atoms. The van der Waals surface area contributed by atoms with E-state index >= 15 is 0 Å². The minimum atomic E-state index is 0. The van der Waals surface area contributed by atoms with Gasteiger partial charge in [-0.3, -0.25) is 4.99 Å². The highest BCUT2D eigenvalue weighted by molar-refractivity contribution is 14.0. The smallest absolute Gasteiger partial charge is 0.191 e. The molecule has 4 nitrogen and oxygen atoms in total. The van der Waals surface area contributed by atoms with Crippen molar-refractivity contribution >= 4 is 40.8 Å². The van der Waals surface area contributed by atoms with Crippen molar-refractivity contribution in [2.75, 3.05) is 19.6 Å². The number of aromatic nitrogens is 1. The minimum Gasteiger partial charge on any atom is -0.370 e. The number of aliphatic imine (C=N–C) groups is 1. The van der Waals surface area contributed by atoms with Crippen LogP contribution in [-0.4, -0.2) is 35.5 Å². The van der Waals surface area contributed by atoms with E-state index in [4.69, 9.17) is 5.73 Å². The summed E-state index contributed by atoms with van der Waals surface area (Å²) in [6, 6.07) is 10.5. The van der Waals surface area contributed by atoms with Gasteiger partial charge in [0.1, 0.15) is 0 Å². The standard InChI is InChI=1S/C17H24N4.HI/c1-13-5-4-10-21(12-13)17(18)19-9-8-15-11-14-6-2-3-7-16(14)20-15;/h2-3,6-7,11,13,20H,4-5,8-10,12H2,1H3,(H2,18,19);1H. The Kier molecular flexibility index (Phi) is 6.11. The molecule has 0 bridgehead atoms. The fourth-order valence-corrected chi connectivity index (χ4v) is 3.06. The van der Waals surface area contributed by atoms with Crippen LogP contribution in [0.15, 0.2) is 35.3 Å². The van der Waals surface area contributed by atoms with Crippen LogP contribution in [0.4, 0.5) is 0 Å². The molecule has 3 rings (SSSR count). The quantitative estimate of drug-likeness (QED) is 0.462.